The van der Waals surface area contributed by atoms with E-state index in [0.717, 1.165) is 27.8 Å². The van der Waals surface area contributed by atoms with Crippen molar-refractivity contribution in [2.45, 2.75) is 5.75 Å². The Morgan fingerprint density at radius 2 is 2.12 bits per heavy atom. The van der Waals surface area contributed by atoms with Gasteiger partial charge in [0.05, 0.1) is 19.3 Å². The first kappa shape index (κ1) is 16.8. The Balaban J connectivity index is 1.49. The van der Waals surface area contributed by atoms with Crippen LogP contribution in [-0.2, 0) is 10.5 Å². The van der Waals surface area contributed by atoms with Crippen molar-refractivity contribution in [3.05, 3.63) is 35.3 Å². The quantitative estimate of drug-likeness (QED) is 0.605. The van der Waals surface area contributed by atoms with Crippen molar-refractivity contribution in [2.24, 2.45) is 0 Å². The van der Waals surface area contributed by atoms with E-state index in [1.165, 1.54) is 4.90 Å². The van der Waals surface area contributed by atoms with Gasteiger partial charge in [0.1, 0.15) is 10.8 Å². The Bertz CT molecular complexity index is 714. The highest BCUT2D eigenvalue weighted by molar-refractivity contribution is 7.98. The van der Waals surface area contributed by atoms with E-state index in [2.05, 4.69) is 10.3 Å². The minimum Gasteiger partial charge on any atom is -0.497 e. The molecule has 24 heavy (non-hydrogen) atoms. The second-order valence-corrected chi connectivity index (χ2v) is 7.09. The summed E-state index contributed by atoms with van der Waals surface area (Å²) in [5.74, 6) is 2.13. The minimum atomic E-state index is -0.295. The molecule has 1 aromatic heterocycles. The molecule has 3 amide bonds. The van der Waals surface area contributed by atoms with Gasteiger partial charge in [-0.05, 0) is 24.3 Å². The van der Waals surface area contributed by atoms with E-state index < -0.39 is 0 Å². The number of ether oxygens (including phenoxy) is 1. The Labute approximate surface area is 148 Å². The van der Waals surface area contributed by atoms with Gasteiger partial charge >= 0.3 is 6.03 Å². The lowest BCUT2D eigenvalue weighted by Gasteiger charge is -2.11. The smallest absolute Gasteiger partial charge is 0.324 e. The van der Waals surface area contributed by atoms with Crippen molar-refractivity contribution in [3.8, 4) is 16.3 Å². The van der Waals surface area contributed by atoms with Crippen molar-refractivity contribution in [1.29, 1.82) is 0 Å². The number of imide groups is 1. The summed E-state index contributed by atoms with van der Waals surface area (Å²) >= 11 is 3.27. The molecule has 0 spiro atoms. The highest BCUT2D eigenvalue weighted by Gasteiger charge is 2.27. The topological polar surface area (TPSA) is 71.5 Å². The van der Waals surface area contributed by atoms with Crippen LogP contribution in [0.2, 0.25) is 0 Å². The van der Waals surface area contributed by atoms with Crippen LogP contribution in [0.3, 0.4) is 0 Å². The van der Waals surface area contributed by atoms with Gasteiger partial charge < -0.3 is 10.1 Å². The number of urea groups is 1. The third-order valence-corrected chi connectivity index (χ3v) is 5.45. The number of aromatic nitrogens is 1. The molecule has 6 nitrogen and oxygen atoms in total. The Morgan fingerprint density at radius 3 is 2.79 bits per heavy atom. The van der Waals surface area contributed by atoms with Crippen molar-refractivity contribution in [3.63, 3.8) is 0 Å². The Morgan fingerprint density at radius 1 is 1.33 bits per heavy atom. The molecule has 1 aromatic carbocycles. The molecular weight excluding hydrogens is 346 g/mol. The number of benzene rings is 1. The van der Waals surface area contributed by atoms with Crippen LogP contribution in [0.25, 0.3) is 10.6 Å². The molecule has 0 unspecified atom stereocenters. The number of amides is 3. The van der Waals surface area contributed by atoms with E-state index >= 15 is 0 Å². The summed E-state index contributed by atoms with van der Waals surface area (Å²) in [6, 6.07) is 7.53. The Hall–Kier alpha value is -2.06. The first-order chi connectivity index (χ1) is 11.7. The molecule has 0 saturated carbocycles. The summed E-state index contributed by atoms with van der Waals surface area (Å²) in [6.07, 6.45) is 0. The highest BCUT2D eigenvalue weighted by atomic mass is 32.2. The number of thioether (sulfide) groups is 1. The van der Waals surface area contributed by atoms with Gasteiger partial charge in [-0.15, -0.1) is 11.3 Å². The molecular formula is C16H17N3O3S2. The second kappa shape index (κ2) is 7.67. The maximum Gasteiger partial charge on any atom is 0.324 e. The molecule has 0 radical (unpaired) electrons. The largest absolute Gasteiger partial charge is 0.497 e. The summed E-state index contributed by atoms with van der Waals surface area (Å²) in [5, 5.41) is 5.53. The van der Waals surface area contributed by atoms with Crippen molar-refractivity contribution in [1.82, 2.24) is 15.2 Å². The van der Waals surface area contributed by atoms with Crippen LogP contribution in [0.1, 0.15) is 5.69 Å². The second-order valence-electron chi connectivity index (χ2n) is 5.13. The first-order valence-electron chi connectivity index (χ1n) is 7.42. The number of carbonyl (C=O) groups is 2. The lowest BCUT2D eigenvalue weighted by Crippen LogP contribution is -2.32. The molecule has 3 rings (SSSR count). The average molecular weight is 363 g/mol. The monoisotopic (exact) mass is 363 g/mol. The van der Waals surface area contributed by atoms with Gasteiger partial charge in [0.15, 0.2) is 0 Å². The molecule has 2 aromatic rings. The molecule has 1 aliphatic heterocycles. The van der Waals surface area contributed by atoms with Gasteiger partial charge in [0, 0.05) is 29.0 Å². The average Bonchev–Trinajstić information content (AvgIpc) is 3.20. The molecule has 1 N–H and O–H groups in total. The van der Waals surface area contributed by atoms with Gasteiger partial charge in [0.25, 0.3) is 0 Å². The van der Waals surface area contributed by atoms with Crippen LogP contribution in [0.15, 0.2) is 29.6 Å². The summed E-state index contributed by atoms with van der Waals surface area (Å²) in [7, 11) is 1.65. The predicted molar refractivity (Wildman–Crippen MR) is 95.4 cm³/mol. The summed E-state index contributed by atoms with van der Waals surface area (Å²) in [4.78, 5) is 28.8. The fraction of sp³-hybridized carbons (Fsp3) is 0.312. The zero-order valence-corrected chi connectivity index (χ0v) is 14.8. The number of hydrogen-bond acceptors (Lipinski definition) is 6. The van der Waals surface area contributed by atoms with Gasteiger partial charge in [-0.2, -0.15) is 11.8 Å². The third-order valence-electron chi connectivity index (χ3n) is 3.53. The third kappa shape index (κ3) is 3.88. The maximum absolute atomic E-state index is 11.5. The van der Waals surface area contributed by atoms with Crippen LogP contribution in [0, 0.1) is 0 Å². The molecule has 0 aliphatic carbocycles. The van der Waals surface area contributed by atoms with Crippen molar-refractivity contribution >= 4 is 35.0 Å². The van der Waals surface area contributed by atoms with Crippen molar-refractivity contribution in [2.75, 3.05) is 26.0 Å². The fourth-order valence-electron chi connectivity index (χ4n) is 2.25. The van der Waals surface area contributed by atoms with Crippen LogP contribution in [-0.4, -0.2) is 47.8 Å². The Kier molecular flexibility index (Phi) is 5.37. The SMILES string of the molecule is COc1ccc(-c2nc(CSCCN3C(=O)CNC3=O)cs2)cc1. The minimum absolute atomic E-state index is 0.112. The number of methoxy groups -OCH3 is 1. The van der Waals surface area contributed by atoms with E-state index in [4.69, 9.17) is 4.74 Å². The van der Waals surface area contributed by atoms with E-state index in [1.54, 1.807) is 30.2 Å². The number of hydrogen-bond donors (Lipinski definition) is 1. The van der Waals surface area contributed by atoms with Crippen molar-refractivity contribution < 1.29 is 14.3 Å². The standard InChI is InChI=1S/C16H17N3O3S2/c1-22-13-4-2-11(3-5-13)15-18-12(10-24-15)9-23-7-6-19-14(20)8-17-16(19)21/h2-5,10H,6-9H2,1H3,(H,17,21). The summed E-state index contributed by atoms with van der Waals surface area (Å²) in [6.45, 7) is 0.547. The van der Waals surface area contributed by atoms with E-state index in [9.17, 15) is 9.59 Å². The molecule has 1 fully saturated rings. The van der Waals surface area contributed by atoms with Crippen LogP contribution in [0.4, 0.5) is 4.79 Å². The van der Waals surface area contributed by atoms with Gasteiger partial charge in [-0.3, -0.25) is 9.69 Å². The molecule has 1 saturated heterocycles. The first-order valence-corrected chi connectivity index (χ1v) is 9.45. The fourth-order valence-corrected chi connectivity index (χ4v) is 4.00. The molecule has 8 heteroatoms. The zero-order chi connectivity index (χ0) is 16.9. The maximum atomic E-state index is 11.5. The zero-order valence-electron chi connectivity index (χ0n) is 13.2. The number of nitrogens with zero attached hydrogens (tertiary/aromatic N) is 2. The normalized spacial score (nSPS) is 14.1. The summed E-state index contributed by atoms with van der Waals surface area (Å²) in [5.41, 5.74) is 2.07. The number of thiazole rings is 1. The van der Waals surface area contributed by atoms with Crippen LogP contribution >= 0.6 is 23.1 Å². The number of carbonyl (C=O) groups excluding carboxylic acids is 2. The van der Waals surface area contributed by atoms with Gasteiger partial charge in [-0.25, -0.2) is 9.78 Å². The lowest BCUT2D eigenvalue weighted by atomic mass is 10.2. The highest BCUT2D eigenvalue weighted by Crippen LogP contribution is 2.27. The van der Waals surface area contributed by atoms with Gasteiger partial charge in [0.2, 0.25) is 5.91 Å². The van der Waals surface area contributed by atoms with Crippen LogP contribution in [0.5, 0.6) is 5.75 Å². The summed E-state index contributed by atoms with van der Waals surface area (Å²) < 4.78 is 5.16. The number of rotatable bonds is 7. The number of nitrogens with one attached hydrogen (secondary N) is 1. The predicted octanol–water partition coefficient (Wildman–Crippen LogP) is 2.60. The molecule has 0 atom stereocenters. The van der Waals surface area contributed by atoms with E-state index in [0.29, 0.717) is 12.3 Å². The molecule has 0 bridgehead atoms. The molecule has 2 heterocycles. The lowest BCUT2D eigenvalue weighted by molar-refractivity contribution is -0.124. The molecule has 1 aliphatic rings. The molecule has 126 valence electrons. The van der Waals surface area contributed by atoms with E-state index in [1.807, 2.05) is 29.6 Å². The van der Waals surface area contributed by atoms with E-state index in [-0.39, 0.29) is 18.5 Å². The van der Waals surface area contributed by atoms with Gasteiger partial charge in [-0.1, -0.05) is 0 Å². The van der Waals surface area contributed by atoms with Crippen LogP contribution < -0.4 is 10.1 Å².